The molecule has 4 nitrogen and oxygen atoms in total. The Hall–Kier alpha value is -1.32. The lowest BCUT2D eigenvalue weighted by Gasteiger charge is -1.97. The van der Waals surface area contributed by atoms with Crippen molar-refractivity contribution in [3.63, 3.8) is 0 Å². The van der Waals surface area contributed by atoms with E-state index in [4.69, 9.17) is 0 Å². The van der Waals surface area contributed by atoms with Gasteiger partial charge in [0, 0.05) is 12.6 Å². The fourth-order valence-electron chi connectivity index (χ4n) is 0.975. The number of aromatic amines is 1. The molecule has 0 aromatic carbocycles. The van der Waals surface area contributed by atoms with Crippen molar-refractivity contribution < 1.29 is 9.53 Å². The number of aryl methyl sites for hydroxylation is 2. The normalized spacial score (nSPS) is 9.83. The average Bonchev–Trinajstić information content (AvgIpc) is 2.47. The van der Waals surface area contributed by atoms with Crippen molar-refractivity contribution in [1.82, 2.24) is 10.2 Å². The van der Waals surface area contributed by atoms with Crippen LogP contribution in [0.4, 0.5) is 0 Å². The maximum absolute atomic E-state index is 10.8. The molecule has 1 heterocycles. The van der Waals surface area contributed by atoms with Crippen LogP contribution < -0.4 is 0 Å². The summed E-state index contributed by atoms with van der Waals surface area (Å²) >= 11 is 0. The first-order valence-corrected chi connectivity index (χ1v) is 3.80. The average molecular weight is 168 g/mol. The lowest BCUT2D eigenvalue weighted by Crippen LogP contribution is -2.01. The van der Waals surface area contributed by atoms with Crippen LogP contribution in [0.1, 0.15) is 17.7 Å². The minimum Gasteiger partial charge on any atom is -0.469 e. The van der Waals surface area contributed by atoms with Crippen LogP contribution in [-0.2, 0) is 16.0 Å². The van der Waals surface area contributed by atoms with Gasteiger partial charge in [-0.3, -0.25) is 9.89 Å². The topological polar surface area (TPSA) is 55.0 Å². The predicted octanol–water partition coefficient (Wildman–Crippen LogP) is 0.824. The molecule has 0 saturated carbocycles. The Kier molecular flexibility index (Phi) is 2.85. The summed E-state index contributed by atoms with van der Waals surface area (Å²) < 4.78 is 4.52. The smallest absolute Gasteiger partial charge is 0.305 e. The van der Waals surface area contributed by atoms with Crippen molar-refractivity contribution >= 4 is 5.97 Å². The van der Waals surface area contributed by atoms with Gasteiger partial charge in [0.05, 0.1) is 12.8 Å². The van der Waals surface area contributed by atoms with Crippen LogP contribution in [-0.4, -0.2) is 23.3 Å². The van der Waals surface area contributed by atoms with E-state index in [1.807, 2.05) is 6.92 Å². The van der Waals surface area contributed by atoms with Gasteiger partial charge in [-0.1, -0.05) is 0 Å². The summed E-state index contributed by atoms with van der Waals surface area (Å²) in [6.45, 7) is 1.91. The minimum absolute atomic E-state index is 0.185. The number of ether oxygens (including phenoxy) is 1. The molecule has 0 aliphatic heterocycles. The number of methoxy groups -OCH3 is 1. The van der Waals surface area contributed by atoms with Gasteiger partial charge in [0.2, 0.25) is 0 Å². The molecule has 0 bridgehead atoms. The molecule has 1 rings (SSSR count). The highest BCUT2D eigenvalue weighted by Gasteiger charge is 2.04. The third-order valence-corrected chi connectivity index (χ3v) is 1.76. The van der Waals surface area contributed by atoms with Gasteiger partial charge < -0.3 is 4.74 Å². The van der Waals surface area contributed by atoms with Crippen LogP contribution in [0.25, 0.3) is 0 Å². The number of carbonyl (C=O) groups is 1. The van der Waals surface area contributed by atoms with Crippen LogP contribution in [0, 0.1) is 6.92 Å². The van der Waals surface area contributed by atoms with E-state index in [0.29, 0.717) is 12.8 Å². The molecule has 0 spiro atoms. The second kappa shape index (κ2) is 3.90. The summed E-state index contributed by atoms with van der Waals surface area (Å²) in [5, 5.41) is 6.68. The fourth-order valence-corrected chi connectivity index (χ4v) is 0.975. The molecule has 0 aliphatic carbocycles. The number of hydrogen-bond acceptors (Lipinski definition) is 3. The number of H-pyrrole nitrogens is 1. The Labute approximate surface area is 70.9 Å². The number of aromatic nitrogens is 2. The molecule has 1 aromatic rings. The maximum atomic E-state index is 10.8. The Morgan fingerprint density at radius 2 is 2.50 bits per heavy atom. The van der Waals surface area contributed by atoms with Gasteiger partial charge >= 0.3 is 5.97 Å². The second-order valence-corrected chi connectivity index (χ2v) is 2.57. The van der Waals surface area contributed by atoms with E-state index in [1.54, 1.807) is 6.20 Å². The minimum atomic E-state index is -0.185. The van der Waals surface area contributed by atoms with Crippen molar-refractivity contribution in [1.29, 1.82) is 0 Å². The third-order valence-electron chi connectivity index (χ3n) is 1.76. The quantitative estimate of drug-likeness (QED) is 0.680. The summed E-state index contributed by atoms with van der Waals surface area (Å²) in [6.07, 6.45) is 2.91. The summed E-state index contributed by atoms with van der Waals surface area (Å²) in [5.41, 5.74) is 2.01. The third kappa shape index (κ3) is 2.08. The standard InChI is InChI=1S/C8H12N2O2/c1-6-7(5-9-10-6)3-4-8(11)12-2/h5H,3-4H2,1-2H3,(H,9,10). The van der Waals surface area contributed by atoms with Crippen LogP contribution in [0.2, 0.25) is 0 Å². The van der Waals surface area contributed by atoms with Gasteiger partial charge in [-0.15, -0.1) is 0 Å². The summed E-state index contributed by atoms with van der Waals surface area (Å²) in [7, 11) is 1.39. The molecule has 0 aliphatic rings. The molecule has 4 heteroatoms. The van der Waals surface area contributed by atoms with Gasteiger partial charge in [0.1, 0.15) is 0 Å². The van der Waals surface area contributed by atoms with Crippen LogP contribution in [0.3, 0.4) is 0 Å². The van der Waals surface area contributed by atoms with Gasteiger partial charge in [0.25, 0.3) is 0 Å². The number of rotatable bonds is 3. The molecule has 0 atom stereocenters. The molecule has 0 radical (unpaired) electrons. The van der Waals surface area contributed by atoms with Crippen molar-refractivity contribution in [3.05, 3.63) is 17.5 Å². The zero-order chi connectivity index (χ0) is 8.97. The molecule has 0 fully saturated rings. The highest BCUT2D eigenvalue weighted by molar-refractivity contribution is 5.69. The van der Waals surface area contributed by atoms with Gasteiger partial charge in [-0.2, -0.15) is 5.10 Å². The molecule has 0 unspecified atom stereocenters. The van der Waals surface area contributed by atoms with Crippen molar-refractivity contribution in [2.75, 3.05) is 7.11 Å². The highest BCUT2D eigenvalue weighted by Crippen LogP contribution is 2.05. The van der Waals surface area contributed by atoms with Gasteiger partial charge in [-0.05, 0) is 18.9 Å². The molecule has 1 N–H and O–H groups in total. The van der Waals surface area contributed by atoms with E-state index in [-0.39, 0.29) is 5.97 Å². The maximum Gasteiger partial charge on any atom is 0.305 e. The molecule has 12 heavy (non-hydrogen) atoms. The summed E-state index contributed by atoms with van der Waals surface area (Å²) in [6, 6.07) is 0. The van der Waals surface area contributed by atoms with Crippen molar-refractivity contribution in [3.8, 4) is 0 Å². The van der Waals surface area contributed by atoms with Gasteiger partial charge in [-0.25, -0.2) is 0 Å². The zero-order valence-corrected chi connectivity index (χ0v) is 7.26. The van der Waals surface area contributed by atoms with Crippen molar-refractivity contribution in [2.45, 2.75) is 19.8 Å². The molecule has 0 saturated heterocycles. The van der Waals surface area contributed by atoms with Crippen LogP contribution in [0.15, 0.2) is 6.20 Å². The number of carbonyl (C=O) groups excluding carboxylic acids is 1. The summed E-state index contributed by atoms with van der Waals surface area (Å²) in [5.74, 6) is -0.185. The molecule has 1 aromatic heterocycles. The van der Waals surface area contributed by atoms with Crippen molar-refractivity contribution in [2.24, 2.45) is 0 Å². The SMILES string of the molecule is COC(=O)CCc1c[nH]nc1C. The van der Waals surface area contributed by atoms with Gasteiger partial charge in [0.15, 0.2) is 0 Å². The molecular weight excluding hydrogens is 156 g/mol. The number of nitrogens with zero attached hydrogens (tertiary/aromatic N) is 1. The predicted molar refractivity (Wildman–Crippen MR) is 43.7 cm³/mol. The first-order chi connectivity index (χ1) is 5.74. The number of nitrogens with one attached hydrogen (secondary N) is 1. The molecule has 0 amide bonds. The monoisotopic (exact) mass is 168 g/mol. The highest BCUT2D eigenvalue weighted by atomic mass is 16.5. The fraction of sp³-hybridized carbons (Fsp3) is 0.500. The Balaban J connectivity index is 2.43. The Morgan fingerprint density at radius 1 is 1.75 bits per heavy atom. The number of esters is 1. The van der Waals surface area contributed by atoms with Crippen LogP contribution >= 0.6 is 0 Å². The van der Waals surface area contributed by atoms with E-state index in [2.05, 4.69) is 14.9 Å². The Morgan fingerprint density at radius 3 is 3.00 bits per heavy atom. The lowest BCUT2D eigenvalue weighted by atomic mass is 10.1. The van der Waals surface area contributed by atoms with Crippen LogP contribution in [0.5, 0.6) is 0 Å². The Bertz CT molecular complexity index is 268. The van der Waals surface area contributed by atoms with E-state index in [9.17, 15) is 4.79 Å². The zero-order valence-electron chi connectivity index (χ0n) is 7.26. The lowest BCUT2D eigenvalue weighted by molar-refractivity contribution is -0.140. The van der Waals surface area contributed by atoms with E-state index < -0.39 is 0 Å². The summed E-state index contributed by atoms with van der Waals surface area (Å²) in [4.78, 5) is 10.8. The molecular formula is C8H12N2O2. The van der Waals surface area contributed by atoms with E-state index in [0.717, 1.165) is 11.3 Å². The van der Waals surface area contributed by atoms with E-state index >= 15 is 0 Å². The number of hydrogen-bond donors (Lipinski definition) is 1. The van der Waals surface area contributed by atoms with E-state index in [1.165, 1.54) is 7.11 Å². The first kappa shape index (κ1) is 8.77. The molecule has 66 valence electrons. The largest absolute Gasteiger partial charge is 0.469 e. The second-order valence-electron chi connectivity index (χ2n) is 2.57. The first-order valence-electron chi connectivity index (χ1n) is 3.80.